The van der Waals surface area contributed by atoms with Gasteiger partial charge in [-0.2, -0.15) is 10.1 Å². The minimum absolute atomic E-state index is 0.123. The zero-order valence-corrected chi connectivity index (χ0v) is 16.6. The van der Waals surface area contributed by atoms with Crippen LogP contribution in [0.25, 0.3) is 0 Å². The van der Waals surface area contributed by atoms with E-state index in [1.165, 1.54) is 0 Å². The van der Waals surface area contributed by atoms with Crippen LogP contribution in [-0.2, 0) is 11.8 Å². The average Bonchev–Trinajstić information content (AvgIpc) is 3.21. The molecule has 28 heavy (non-hydrogen) atoms. The predicted molar refractivity (Wildman–Crippen MR) is 108 cm³/mol. The number of aryl methyl sites for hydroxylation is 1. The first kappa shape index (κ1) is 18.9. The van der Waals surface area contributed by atoms with Gasteiger partial charge in [0.15, 0.2) is 5.82 Å². The van der Waals surface area contributed by atoms with E-state index < -0.39 is 0 Å². The molecule has 2 aromatic heterocycles. The topological polar surface area (TPSA) is 100 Å². The van der Waals surface area contributed by atoms with E-state index in [-0.39, 0.29) is 11.9 Å². The van der Waals surface area contributed by atoms with Gasteiger partial charge in [-0.05, 0) is 32.2 Å². The van der Waals surface area contributed by atoms with E-state index >= 15 is 0 Å². The molecule has 2 aliphatic rings. The highest BCUT2D eigenvalue weighted by Gasteiger charge is 2.29. The van der Waals surface area contributed by atoms with Crippen LogP contribution in [-0.4, -0.2) is 62.3 Å². The number of aromatic nitrogens is 4. The Morgan fingerprint density at radius 1 is 1.32 bits per heavy atom. The molecule has 3 N–H and O–H groups in total. The third kappa shape index (κ3) is 4.90. The quantitative estimate of drug-likeness (QED) is 0.616. The van der Waals surface area contributed by atoms with Gasteiger partial charge in [0, 0.05) is 31.9 Å². The Balaban J connectivity index is 1.34. The highest BCUT2D eigenvalue weighted by molar-refractivity contribution is 6.32. The summed E-state index contributed by atoms with van der Waals surface area (Å²) in [6, 6.07) is 0.683. The summed E-state index contributed by atoms with van der Waals surface area (Å²) in [7, 11) is 1.85. The van der Waals surface area contributed by atoms with Crippen LogP contribution < -0.4 is 16.0 Å². The second-order valence-corrected chi connectivity index (χ2v) is 7.81. The number of rotatable bonds is 8. The first-order valence-corrected chi connectivity index (χ1v) is 10.00. The molecule has 1 atom stereocenters. The van der Waals surface area contributed by atoms with Gasteiger partial charge in [0.25, 0.3) is 0 Å². The van der Waals surface area contributed by atoms with Gasteiger partial charge in [-0.25, -0.2) is 4.98 Å². The molecule has 2 fully saturated rings. The van der Waals surface area contributed by atoms with Crippen molar-refractivity contribution < 1.29 is 4.79 Å². The maximum absolute atomic E-state index is 12.1. The largest absolute Gasteiger partial charge is 0.367 e. The minimum atomic E-state index is 0.123. The van der Waals surface area contributed by atoms with Crippen LogP contribution in [0.1, 0.15) is 25.7 Å². The van der Waals surface area contributed by atoms with Crippen molar-refractivity contribution in [2.75, 3.05) is 30.3 Å². The number of anilines is 3. The van der Waals surface area contributed by atoms with E-state index in [1.54, 1.807) is 17.1 Å². The zero-order chi connectivity index (χ0) is 19.5. The number of amides is 1. The van der Waals surface area contributed by atoms with Gasteiger partial charge < -0.3 is 16.0 Å². The van der Waals surface area contributed by atoms with Gasteiger partial charge in [0.1, 0.15) is 5.02 Å². The van der Waals surface area contributed by atoms with Gasteiger partial charge in [0.05, 0.1) is 24.6 Å². The summed E-state index contributed by atoms with van der Waals surface area (Å²) in [6.07, 6.45) is 9.48. The number of carbonyl (C=O) groups excluding carboxylic acids is 1. The Morgan fingerprint density at radius 3 is 2.93 bits per heavy atom. The number of hydrogen-bond donors (Lipinski definition) is 3. The summed E-state index contributed by atoms with van der Waals surface area (Å²) >= 11 is 6.26. The molecule has 1 aliphatic carbocycles. The van der Waals surface area contributed by atoms with Crippen molar-refractivity contribution >= 4 is 35.0 Å². The van der Waals surface area contributed by atoms with Gasteiger partial charge in [-0.1, -0.05) is 11.6 Å². The Labute approximate surface area is 168 Å². The molecule has 0 radical (unpaired) electrons. The molecule has 0 aromatic carbocycles. The number of halogens is 1. The fourth-order valence-corrected chi connectivity index (χ4v) is 3.56. The van der Waals surface area contributed by atoms with Crippen LogP contribution in [0.3, 0.4) is 0 Å². The van der Waals surface area contributed by atoms with Gasteiger partial charge >= 0.3 is 0 Å². The van der Waals surface area contributed by atoms with E-state index in [2.05, 4.69) is 35.9 Å². The maximum Gasteiger partial charge on any atom is 0.234 e. The highest BCUT2D eigenvalue weighted by Crippen LogP contribution is 2.23. The van der Waals surface area contributed by atoms with E-state index in [0.717, 1.165) is 37.9 Å². The van der Waals surface area contributed by atoms with E-state index in [4.69, 9.17) is 11.6 Å². The fourth-order valence-electron chi connectivity index (χ4n) is 3.40. The summed E-state index contributed by atoms with van der Waals surface area (Å²) in [4.78, 5) is 23.0. The molecule has 1 aliphatic heterocycles. The van der Waals surface area contributed by atoms with E-state index in [0.29, 0.717) is 35.9 Å². The number of nitrogens with zero attached hydrogens (tertiary/aromatic N) is 5. The summed E-state index contributed by atoms with van der Waals surface area (Å²) in [5.74, 6) is 1.15. The minimum Gasteiger partial charge on any atom is -0.367 e. The smallest absolute Gasteiger partial charge is 0.234 e. The van der Waals surface area contributed by atoms with Crippen LogP contribution in [0, 0.1) is 0 Å². The normalized spacial score (nSPS) is 19.6. The molecule has 9 nitrogen and oxygen atoms in total. The van der Waals surface area contributed by atoms with E-state index in [9.17, 15) is 4.79 Å². The molecule has 0 unspecified atom stereocenters. The standard InChI is InChI=1S/C18H25ClN8O/c1-26-10-13(7-22-26)24-18-21-9-15(19)17(25-18)20-8-14-3-2-6-27(14)11-16(28)23-12-4-5-12/h7,9-10,12,14H,2-6,8,11H2,1H3,(H,23,28)(H2,20,21,24,25)/t14-/m1/s1. The molecule has 150 valence electrons. The molecule has 0 spiro atoms. The third-order valence-electron chi connectivity index (χ3n) is 5.00. The Hall–Kier alpha value is -2.39. The fraction of sp³-hybridized carbons (Fsp3) is 0.556. The van der Waals surface area contributed by atoms with Crippen molar-refractivity contribution in [2.24, 2.45) is 7.05 Å². The van der Waals surface area contributed by atoms with E-state index in [1.807, 2.05) is 13.2 Å². The van der Waals surface area contributed by atoms with Crippen LogP contribution in [0.2, 0.25) is 5.02 Å². The summed E-state index contributed by atoms with van der Waals surface area (Å²) in [5.41, 5.74) is 0.805. The molecule has 3 heterocycles. The Kier molecular flexibility index (Phi) is 5.63. The molecule has 1 saturated heterocycles. The molecule has 2 aromatic rings. The van der Waals surface area contributed by atoms with Crippen LogP contribution in [0.5, 0.6) is 0 Å². The van der Waals surface area contributed by atoms with Gasteiger partial charge in [0.2, 0.25) is 11.9 Å². The lowest BCUT2D eigenvalue weighted by molar-refractivity contribution is -0.122. The lowest BCUT2D eigenvalue weighted by Gasteiger charge is -2.24. The maximum atomic E-state index is 12.1. The molecule has 4 rings (SSSR count). The van der Waals surface area contributed by atoms with Crippen LogP contribution in [0.4, 0.5) is 17.5 Å². The lowest BCUT2D eigenvalue weighted by atomic mass is 10.2. The summed E-state index contributed by atoms with van der Waals surface area (Å²) in [5, 5.41) is 14.1. The molecule has 1 amide bonds. The molecular weight excluding hydrogens is 380 g/mol. The first-order chi connectivity index (χ1) is 13.6. The first-order valence-electron chi connectivity index (χ1n) is 9.62. The van der Waals surface area contributed by atoms with Crippen molar-refractivity contribution in [3.63, 3.8) is 0 Å². The van der Waals surface area contributed by atoms with Crippen LogP contribution >= 0.6 is 11.6 Å². The summed E-state index contributed by atoms with van der Waals surface area (Å²) < 4.78 is 1.70. The Bertz CT molecular complexity index is 837. The predicted octanol–water partition coefficient (Wildman–Crippen LogP) is 1.76. The number of nitrogens with one attached hydrogen (secondary N) is 3. The molecular formula is C18H25ClN8O. The van der Waals surface area contributed by atoms with Crippen molar-refractivity contribution in [1.29, 1.82) is 0 Å². The Morgan fingerprint density at radius 2 is 2.18 bits per heavy atom. The summed E-state index contributed by atoms with van der Waals surface area (Å²) in [6.45, 7) is 2.07. The van der Waals surface area contributed by atoms with Crippen molar-refractivity contribution in [1.82, 2.24) is 30.0 Å². The molecule has 1 saturated carbocycles. The van der Waals surface area contributed by atoms with Crippen LogP contribution in [0.15, 0.2) is 18.6 Å². The molecule has 10 heteroatoms. The average molecular weight is 405 g/mol. The van der Waals surface area contributed by atoms with Gasteiger partial charge in [-0.3, -0.25) is 14.4 Å². The van der Waals surface area contributed by atoms with Crippen molar-refractivity contribution in [3.05, 3.63) is 23.6 Å². The zero-order valence-electron chi connectivity index (χ0n) is 15.9. The second-order valence-electron chi connectivity index (χ2n) is 7.41. The van der Waals surface area contributed by atoms with Crippen molar-refractivity contribution in [2.45, 2.75) is 37.8 Å². The SMILES string of the molecule is Cn1cc(Nc2ncc(Cl)c(NC[C@H]3CCCN3CC(=O)NC3CC3)n2)cn1. The monoisotopic (exact) mass is 404 g/mol. The highest BCUT2D eigenvalue weighted by atomic mass is 35.5. The van der Waals surface area contributed by atoms with Gasteiger partial charge in [-0.15, -0.1) is 0 Å². The van der Waals surface area contributed by atoms with Crippen molar-refractivity contribution in [3.8, 4) is 0 Å². The number of hydrogen-bond acceptors (Lipinski definition) is 7. The third-order valence-corrected chi connectivity index (χ3v) is 5.28. The lowest BCUT2D eigenvalue weighted by Crippen LogP contribution is -2.42. The second kappa shape index (κ2) is 8.32. The number of likely N-dealkylation sites (tertiary alicyclic amines) is 1. The number of carbonyl (C=O) groups is 1. The molecule has 0 bridgehead atoms.